The molecule has 0 bridgehead atoms. The molecule has 2 aromatic rings. The number of thiocarbonyl (C=S) groups is 1. The van der Waals surface area contributed by atoms with Gasteiger partial charge in [0.05, 0.1) is 9.85 Å². The largest absolute Gasteiger partial charge is 0.332 e. The second-order valence-electron chi connectivity index (χ2n) is 4.31. The van der Waals surface area contributed by atoms with Crippen LogP contribution in [0.3, 0.4) is 0 Å². The summed E-state index contributed by atoms with van der Waals surface area (Å²) < 4.78 is 0. The standard InChI is InChI=1S/C13H9ClN4O4S/c14-11-5-4-9(7-12(11)18(21)22)16-13(23)15-8-2-1-3-10(6-8)17(19)20/h1-7H,(H2,15,16,23). The van der Waals surface area contributed by atoms with Crippen molar-refractivity contribution in [1.82, 2.24) is 0 Å². The molecule has 2 rings (SSSR count). The SMILES string of the molecule is O=[N+]([O-])c1cccc(NC(=S)Nc2ccc(Cl)c([N+](=O)[O-])c2)c1. The van der Waals surface area contributed by atoms with Crippen molar-refractivity contribution in [3.63, 3.8) is 0 Å². The van der Waals surface area contributed by atoms with E-state index in [0.29, 0.717) is 11.4 Å². The number of rotatable bonds is 4. The molecule has 0 spiro atoms. The minimum Gasteiger partial charge on any atom is -0.332 e. The van der Waals surface area contributed by atoms with Crippen LogP contribution in [0.15, 0.2) is 42.5 Å². The molecule has 23 heavy (non-hydrogen) atoms. The number of nitro benzene ring substituents is 2. The molecule has 0 fully saturated rings. The van der Waals surface area contributed by atoms with Crippen molar-refractivity contribution < 1.29 is 9.85 Å². The topological polar surface area (TPSA) is 110 Å². The highest BCUT2D eigenvalue weighted by Gasteiger charge is 2.13. The van der Waals surface area contributed by atoms with E-state index in [1.54, 1.807) is 6.07 Å². The number of halogens is 1. The first-order valence-corrected chi connectivity index (χ1v) is 6.92. The Morgan fingerprint density at radius 2 is 1.65 bits per heavy atom. The molecule has 0 aliphatic rings. The van der Waals surface area contributed by atoms with E-state index in [2.05, 4.69) is 10.6 Å². The molecule has 0 saturated heterocycles. The van der Waals surface area contributed by atoms with Crippen LogP contribution in [0.5, 0.6) is 0 Å². The Kier molecular flexibility index (Phi) is 5.04. The second kappa shape index (κ2) is 6.99. The molecule has 0 saturated carbocycles. The molecule has 0 amide bonds. The summed E-state index contributed by atoms with van der Waals surface area (Å²) in [7, 11) is 0. The molecule has 0 aliphatic heterocycles. The van der Waals surface area contributed by atoms with E-state index < -0.39 is 9.85 Å². The van der Waals surface area contributed by atoms with Crippen LogP contribution in [0.25, 0.3) is 0 Å². The Labute approximate surface area is 140 Å². The van der Waals surface area contributed by atoms with Crippen molar-refractivity contribution >= 4 is 51.7 Å². The molecule has 118 valence electrons. The number of nitrogens with zero attached hydrogens (tertiary/aromatic N) is 2. The van der Waals surface area contributed by atoms with Gasteiger partial charge in [-0.05, 0) is 30.4 Å². The van der Waals surface area contributed by atoms with Crippen molar-refractivity contribution in [2.24, 2.45) is 0 Å². The number of benzene rings is 2. The van der Waals surface area contributed by atoms with Gasteiger partial charge in [-0.1, -0.05) is 17.7 Å². The average Bonchev–Trinajstić information content (AvgIpc) is 2.49. The number of anilines is 2. The lowest BCUT2D eigenvalue weighted by atomic mass is 10.2. The molecule has 0 aromatic heterocycles. The van der Waals surface area contributed by atoms with Gasteiger partial charge in [0, 0.05) is 29.6 Å². The maximum atomic E-state index is 10.8. The normalized spacial score (nSPS) is 9.96. The zero-order valence-corrected chi connectivity index (χ0v) is 12.9. The molecule has 0 atom stereocenters. The molecule has 0 aliphatic carbocycles. The van der Waals surface area contributed by atoms with Gasteiger partial charge in [0.1, 0.15) is 5.02 Å². The van der Waals surface area contributed by atoms with Gasteiger partial charge in [0.15, 0.2) is 5.11 Å². The number of nitrogens with one attached hydrogen (secondary N) is 2. The van der Waals surface area contributed by atoms with E-state index in [9.17, 15) is 20.2 Å². The minimum atomic E-state index is -0.607. The fraction of sp³-hybridized carbons (Fsp3) is 0. The molecule has 8 nitrogen and oxygen atoms in total. The van der Waals surface area contributed by atoms with Gasteiger partial charge in [-0.3, -0.25) is 20.2 Å². The number of non-ortho nitro benzene ring substituents is 1. The lowest BCUT2D eigenvalue weighted by molar-refractivity contribution is -0.384. The Hall–Kier alpha value is -2.78. The number of nitro groups is 2. The van der Waals surface area contributed by atoms with Crippen LogP contribution >= 0.6 is 23.8 Å². The van der Waals surface area contributed by atoms with E-state index in [1.165, 1.54) is 36.4 Å². The van der Waals surface area contributed by atoms with Gasteiger partial charge in [0.2, 0.25) is 0 Å². The first-order chi connectivity index (χ1) is 10.9. The molecular formula is C13H9ClN4O4S. The summed E-state index contributed by atoms with van der Waals surface area (Å²) in [6, 6.07) is 9.92. The van der Waals surface area contributed by atoms with Gasteiger partial charge in [-0.25, -0.2) is 0 Å². The zero-order chi connectivity index (χ0) is 17.0. The summed E-state index contributed by atoms with van der Waals surface area (Å²) in [5, 5.41) is 27.2. The second-order valence-corrected chi connectivity index (χ2v) is 5.13. The van der Waals surface area contributed by atoms with Gasteiger partial charge >= 0.3 is 0 Å². The van der Waals surface area contributed by atoms with Crippen molar-refractivity contribution in [2.45, 2.75) is 0 Å². The van der Waals surface area contributed by atoms with Crippen molar-refractivity contribution in [3.05, 3.63) is 67.7 Å². The maximum absolute atomic E-state index is 10.8. The third kappa shape index (κ3) is 4.34. The Morgan fingerprint density at radius 1 is 1.00 bits per heavy atom. The van der Waals surface area contributed by atoms with Crippen molar-refractivity contribution in [1.29, 1.82) is 0 Å². The lowest BCUT2D eigenvalue weighted by Crippen LogP contribution is -2.19. The highest BCUT2D eigenvalue weighted by atomic mass is 35.5. The van der Waals surface area contributed by atoms with Crippen LogP contribution in [0.1, 0.15) is 0 Å². The van der Waals surface area contributed by atoms with Gasteiger partial charge in [-0.2, -0.15) is 0 Å². The number of hydrogen-bond acceptors (Lipinski definition) is 5. The van der Waals surface area contributed by atoms with Crippen LogP contribution in [0, 0.1) is 20.2 Å². The number of hydrogen-bond donors (Lipinski definition) is 2. The average molecular weight is 353 g/mol. The fourth-order valence-electron chi connectivity index (χ4n) is 1.72. The molecule has 2 aromatic carbocycles. The highest BCUT2D eigenvalue weighted by Crippen LogP contribution is 2.27. The van der Waals surface area contributed by atoms with Crippen LogP contribution in [0.4, 0.5) is 22.7 Å². The van der Waals surface area contributed by atoms with E-state index in [0.717, 1.165) is 0 Å². The predicted octanol–water partition coefficient (Wildman–Crippen LogP) is 3.97. The van der Waals surface area contributed by atoms with E-state index in [-0.39, 0.29) is 21.5 Å². The van der Waals surface area contributed by atoms with Crippen LogP contribution in [0.2, 0.25) is 5.02 Å². The monoisotopic (exact) mass is 352 g/mol. The van der Waals surface area contributed by atoms with Crippen LogP contribution in [-0.4, -0.2) is 15.0 Å². The van der Waals surface area contributed by atoms with Crippen LogP contribution in [-0.2, 0) is 0 Å². The maximum Gasteiger partial charge on any atom is 0.289 e. The molecule has 0 radical (unpaired) electrons. The van der Waals surface area contributed by atoms with Gasteiger partial charge in [-0.15, -0.1) is 0 Å². The predicted molar refractivity (Wildman–Crippen MR) is 91.0 cm³/mol. The first kappa shape index (κ1) is 16.6. The third-order valence-electron chi connectivity index (χ3n) is 2.72. The highest BCUT2D eigenvalue weighted by molar-refractivity contribution is 7.80. The summed E-state index contributed by atoms with van der Waals surface area (Å²) in [6.07, 6.45) is 0. The Bertz CT molecular complexity index is 799. The summed E-state index contributed by atoms with van der Waals surface area (Å²) in [4.78, 5) is 20.4. The Morgan fingerprint density at radius 3 is 2.26 bits per heavy atom. The minimum absolute atomic E-state index is 0.0121. The third-order valence-corrected chi connectivity index (χ3v) is 3.24. The molecule has 0 unspecified atom stereocenters. The van der Waals surface area contributed by atoms with E-state index in [4.69, 9.17) is 23.8 Å². The summed E-state index contributed by atoms with van der Waals surface area (Å²) >= 11 is 10.8. The summed E-state index contributed by atoms with van der Waals surface area (Å²) in [5.74, 6) is 0. The van der Waals surface area contributed by atoms with E-state index >= 15 is 0 Å². The first-order valence-electron chi connectivity index (χ1n) is 6.13. The molecule has 2 N–H and O–H groups in total. The summed E-state index contributed by atoms with van der Waals surface area (Å²) in [6.45, 7) is 0. The zero-order valence-electron chi connectivity index (χ0n) is 11.4. The van der Waals surface area contributed by atoms with Crippen molar-refractivity contribution in [2.75, 3.05) is 10.6 Å². The molecule has 0 heterocycles. The summed E-state index contributed by atoms with van der Waals surface area (Å²) in [5.41, 5.74) is 0.443. The molecule has 10 heteroatoms. The smallest absolute Gasteiger partial charge is 0.289 e. The van der Waals surface area contributed by atoms with Gasteiger partial charge < -0.3 is 10.6 Å². The van der Waals surface area contributed by atoms with Gasteiger partial charge in [0.25, 0.3) is 11.4 Å². The Balaban J connectivity index is 2.11. The quantitative estimate of drug-likeness (QED) is 0.486. The van der Waals surface area contributed by atoms with Crippen LogP contribution < -0.4 is 10.6 Å². The fourth-order valence-corrected chi connectivity index (χ4v) is 2.14. The molecular weight excluding hydrogens is 344 g/mol. The lowest BCUT2D eigenvalue weighted by Gasteiger charge is -2.10. The van der Waals surface area contributed by atoms with E-state index in [1.807, 2.05) is 0 Å². The van der Waals surface area contributed by atoms with Crippen molar-refractivity contribution in [3.8, 4) is 0 Å².